The highest BCUT2D eigenvalue weighted by Gasteiger charge is 2.35. The van der Waals surface area contributed by atoms with Crippen LogP contribution in [0.1, 0.15) is 29.4 Å². The summed E-state index contributed by atoms with van der Waals surface area (Å²) in [5.74, 6) is -3.16. The molecule has 0 aliphatic heterocycles. The smallest absolute Gasteiger partial charge is 0.491 e. The average Bonchev–Trinajstić information content (AvgIpc) is 2.36. The lowest BCUT2D eigenvalue weighted by atomic mass is 10.2. The molecule has 0 saturated heterocycles. The fourth-order valence-corrected chi connectivity index (χ4v) is 1.38. The molecule has 0 saturated carbocycles. The molecule has 1 rings (SSSR count). The predicted octanol–water partition coefficient (Wildman–Crippen LogP) is 3.10. The van der Waals surface area contributed by atoms with E-state index in [0.29, 0.717) is 6.07 Å². The van der Waals surface area contributed by atoms with Gasteiger partial charge in [0.1, 0.15) is 11.3 Å². The lowest BCUT2D eigenvalue weighted by Gasteiger charge is -2.15. The molecule has 5 nitrogen and oxygen atoms in total. The van der Waals surface area contributed by atoms with E-state index in [-0.39, 0.29) is 6.61 Å². The molecule has 0 aliphatic rings. The van der Waals surface area contributed by atoms with E-state index in [1.807, 2.05) is 0 Å². The van der Waals surface area contributed by atoms with E-state index in [2.05, 4.69) is 19.2 Å². The number of rotatable bonds is 5. The van der Waals surface area contributed by atoms with Crippen LogP contribution in [0.25, 0.3) is 0 Å². The Morgan fingerprint density at radius 3 is 2.43 bits per heavy atom. The first-order chi connectivity index (χ1) is 9.69. The van der Waals surface area contributed by atoms with Gasteiger partial charge in [0.05, 0.1) is 13.7 Å². The number of aromatic nitrogens is 1. The highest BCUT2D eigenvalue weighted by atomic mass is 19.4. The zero-order chi connectivity index (χ0) is 16.2. The maximum atomic E-state index is 12.7. The number of methoxy groups -OCH3 is 1. The van der Waals surface area contributed by atoms with E-state index in [4.69, 9.17) is 0 Å². The summed E-state index contributed by atoms with van der Waals surface area (Å²) < 4.78 is 74.7. The van der Waals surface area contributed by atoms with Gasteiger partial charge in [-0.15, -0.1) is 13.2 Å². The predicted molar refractivity (Wildman–Crippen MR) is 58.4 cm³/mol. The van der Waals surface area contributed by atoms with Crippen LogP contribution in [0, 0.1) is 0 Å². The summed E-state index contributed by atoms with van der Waals surface area (Å²) in [5, 5.41) is 0. The van der Waals surface area contributed by atoms with E-state index in [9.17, 15) is 26.7 Å². The van der Waals surface area contributed by atoms with Crippen molar-refractivity contribution in [1.82, 2.24) is 4.98 Å². The zero-order valence-electron chi connectivity index (χ0n) is 10.8. The van der Waals surface area contributed by atoms with E-state index in [1.54, 1.807) is 0 Å². The molecule has 10 heteroatoms. The van der Waals surface area contributed by atoms with Crippen molar-refractivity contribution in [3.05, 3.63) is 17.3 Å². The summed E-state index contributed by atoms with van der Waals surface area (Å²) in [5.41, 5.74) is -1.71. The molecule has 0 radical (unpaired) electrons. The molecular formula is C11H10F5NO4. The number of pyridine rings is 1. The van der Waals surface area contributed by atoms with Gasteiger partial charge < -0.3 is 14.2 Å². The van der Waals surface area contributed by atoms with Crippen molar-refractivity contribution in [3.63, 3.8) is 0 Å². The molecule has 0 aliphatic carbocycles. The number of carbonyl (C=O) groups excluding carboxylic acids is 1. The van der Waals surface area contributed by atoms with Crippen LogP contribution in [0.4, 0.5) is 22.0 Å². The molecule has 0 unspecified atom stereocenters. The summed E-state index contributed by atoms with van der Waals surface area (Å²) in [6.45, 7) is 1.33. The molecule has 0 spiro atoms. The number of halogens is 5. The summed E-state index contributed by atoms with van der Waals surface area (Å²) in [7, 11) is 0.936. The van der Waals surface area contributed by atoms with Crippen molar-refractivity contribution in [3.8, 4) is 11.6 Å². The van der Waals surface area contributed by atoms with Gasteiger partial charge in [-0.05, 0) is 13.0 Å². The number of carbonyl (C=O) groups is 1. The van der Waals surface area contributed by atoms with Gasteiger partial charge in [-0.3, -0.25) is 0 Å². The SMILES string of the molecule is CCOC(=O)c1cc(C(F)F)nc(OC(F)(F)F)c1OC. The molecule has 1 heterocycles. The molecule has 0 N–H and O–H groups in total. The Morgan fingerprint density at radius 1 is 1.38 bits per heavy atom. The lowest BCUT2D eigenvalue weighted by Crippen LogP contribution is -2.20. The Kier molecular flexibility index (Phi) is 5.28. The molecule has 1 aromatic heterocycles. The summed E-state index contributed by atoms with van der Waals surface area (Å²) in [6, 6.07) is 0.588. The van der Waals surface area contributed by atoms with Gasteiger partial charge in [0.25, 0.3) is 12.3 Å². The van der Waals surface area contributed by atoms with Crippen LogP contribution in [0.3, 0.4) is 0 Å². The highest BCUT2D eigenvalue weighted by molar-refractivity contribution is 5.93. The van der Waals surface area contributed by atoms with Crippen molar-refractivity contribution in [1.29, 1.82) is 0 Å². The molecule has 0 fully saturated rings. The molecule has 1 aromatic rings. The molecule has 0 aromatic carbocycles. The fraction of sp³-hybridized carbons (Fsp3) is 0.455. The third kappa shape index (κ3) is 4.43. The van der Waals surface area contributed by atoms with Crippen LogP contribution >= 0.6 is 0 Å². The Labute approximate surface area is 115 Å². The third-order valence-corrected chi connectivity index (χ3v) is 2.10. The maximum absolute atomic E-state index is 12.7. The van der Waals surface area contributed by atoms with Gasteiger partial charge in [0.2, 0.25) is 0 Å². The van der Waals surface area contributed by atoms with Crippen LogP contribution in [0.2, 0.25) is 0 Å². The molecule has 0 atom stereocenters. The van der Waals surface area contributed by atoms with Crippen molar-refractivity contribution >= 4 is 5.97 Å². The number of alkyl halides is 5. The number of hydrogen-bond donors (Lipinski definition) is 0. The minimum Gasteiger partial charge on any atom is -0.491 e. The van der Waals surface area contributed by atoms with Gasteiger partial charge >= 0.3 is 12.3 Å². The number of nitrogens with zero attached hydrogens (tertiary/aromatic N) is 1. The average molecular weight is 315 g/mol. The topological polar surface area (TPSA) is 57.7 Å². The van der Waals surface area contributed by atoms with E-state index >= 15 is 0 Å². The van der Waals surface area contributed by atoms with Crippen molar-refractivity contribution in [2.45, 2.75) is 19.7 Å². The van der Waals surface area contributed by atoms with Crippen LogP contribution in [-0.2, 0) is 4.74 Å². The first-order valence-electron chi connectivity index (χ1n) is 5.49. The second-order valence-corrected chi connectivity index (χ2v) is 3.50. The lowest BCUT2D eigenvalue weighted by molar-refractivity contribution is -0.276. The fourth-order valence-electron chi connectivity index (χ4n) is 1.38. The second-order valence-electron chi connectivity index (χ2n) is 3.50. The molecule has 118 valence electrons. The minimum absolute atomic E-state index is 0.107. The van der Waals surface area contributed by atoms with Crippen molar-refractivity contribution < 1.29 is 41.0 Å². The van der Waals surface area contributed by atoms with Crippen molar-refractivity contribution in [2.75, 3.05) is 13.7 Å². The zero-order valence-corrected chi connectivity index (χ0v) is 10.8. The first kappa shape index (κ1) is 16.9. The quantitative estimate of drug-likeness (QED) is 0.617. The van der Waals surface area contributed by atoms with Gasteiger partial charge in [-0.25, -0.2) is 18.6 Å². The third-order valence-electron chi connectivity index (χ3n) is 2.10. The minimum atomic E-state index is -5.19. The number of hydrogen-bond acceptors (Lipinski definition) is 5. The Hall–Kier alpha value is -2.13. The Balaban J connectivity index is 3.43. The van der Waals surface area contributed by atoms with Gasteiger partial charge in [0.15, 0.2) is 5.75 Å². The monoisotopic (exact) mass is 315 g/mol. The van der Waals surface area contributed by atoms with E-state index in [1.165, 1.54) is 6.92 Å². The van der Waals surface area contributed by atoms with Gasteiger partial charge in [-0.1, -0.05) is 0 Å². The summed E-state index contributed by atoms with van der Waals surface area (Å²) in [6.07, 6.45) is -8.40. The normalized spacial score (nSPS) is 11.4. The maximum Gasteiger partial charge on any atom is 0.574 e. The van der Waals surface area contributed by atoms with E-state index < -0.39 is 41.6 Å². The first-order valence-corrected chi connectivity index (χ1v) is 5.49. The van der Waals surface area contributed by atoms with E-state index in [0.717, 1.165) is 7.11 Å². The van der Waals surface area contributed by atoms with Crippen LogP contribution in [-0.4, -0.2) is 31.0 Å². The highest BCUT2D eigenvalue weighted by Crippen LogP contribution is 2.36. The molecule has 0 amide bonds. The summed E-state index contributed by atoms with van der Waals surface area (Å²) >= 11 is 0. The molecule has 0 bridgehead atoms. The van der Waals surface area contributed by atoms with Gasteiger partial charge in [-0.2, -0.15) is 0 Å². The largest absolute Gasteiger partial charge is 0.574 e. The Morgan fingerprint density at radius 2 is 2.00 bits per heavy atom. The van der Waals surface area contributed by atoms with Crippen LogP contribution in [0.5, 0.6) is 11.6 Å². The number of ether oxygens (including phenoxy) is 3. The van der Waals surface area contributed by atoms with Gasteiger partial charge in [0, 0.05) is 0 Å². The second kappa shape index (κ2) is 6.55. The van der Waals surface area contributed by atoms with Crippen molar-refractivity contribution in [2.24, 2.45) is 0 Å². The molecular weight excluding hydrogens is 305 g/mol. The van der Waals surface area contributed by atoms with Crippen LogP contribution < -0.4 is 9.47 Å². The Bertz CT molecular complexity index is 518. The number of esters is 1. The standard InChI is InChI=1S/C11H10F5NO4/c1-3-20-10(18)5-4-6(8(12)13)17-9(7(5)19-2)21-11(14,15)16/h4,8H,3H2,1-2H3. The van der Waals surface area contributed by atoms with Crippen LogP contribution in [0.15, 0.2) is 6.07 Å². The summed E-state index contributed by atoms with van der Waals surface area (Å²) in [4.78, 5) is 14.6. The molecule has 21 heavy (non-hydrogen) atoms.